The van der Waals surface area contributed by atoms with E-state index in [2.05, 4.69) is 11.8 Å². The van der Waals surface area contributed by atoms with Gasteiger partial charge in [-0.15, -0.1) is 0 Å². The second kappa shape index (κ2) is 8.09. The van der Waals surface area contributed by atoms with Gasteiger partial charge in [0.1, 0.15) is 5.84 Å². The van der Waals surface area contributed by atoms with E-state index in [-0.39, 0.29) is 18.0 Å². The number of ether oxygens (including phenoxy) is 1. The highest BCUT2D eigenvalue weighted by atomic mass is 16.6. The SMILES string of the molecule is CCCC(C(=N)N)N1CCN(C(=O)OCC(C)C)CC1. The minimum absolute atomic E-state index is 0.00818. The van der Waals surface area contributed by atoms with Crippen LogP contribution in [0.3, 0.4) is 0 Å². The van der Waals surface area contributed by atoms with Crippen molar-refractivity contribution in [3.8, 4) is 0 Å². The van der Waals surface area contributed by atoms with Crippen molar-refractivity contribution in [3.05, 3.63) is 0 Å². The Labute approximate surface area is 121 Å². The minimum atomic E-state index is -0.229. The molecular weight excluding hydrogens is 256 g/mol. The van der Waals surface area contributed by atoms with Crippen LogP contribution in [0.1, 0.15) is 33.6 Å². The lowest BCUT2D eigenvalue weighted by molar-refractivity contribution is 0.0640. The Morgan fingerprint density at radius 2 is 1.90 bits per heavy atom. The number of hydrogen-bond donors (Lipinski definition) is 2. The van der Waals surface area contributed by atoms with Gasteiger partial charge in [0.15, 0.2) is 0 Å². The number of carbonyl (C=O) groups is 1. The van der Waals surface area contributed by atoms with Crippen molar-refractivity contribution < 1.29 is 9.53 Å². The number of hydrogen-bond acceptors (Lipinski definition) is 4. The topological polar surface area (TPSA) is 82.7 Å². The van der Waals surface area contributed by atoms with E-state index in [1.807, 2.05) is 13.8 Å². The highest BCUT2D eigenvalue weighted by Crippen LogP contribution is 2.12. The van der Waals surface area contributed by atoms with Crippen LogP contribution in [0.25, 0.3) is 0 Å². The molecule has 1 fully saturated rings. The fourth-order valence-corrected chi connectivity index (χ4v) is 2.35. The molecule has 6 heteroatoms. The third-order valence-electron chi connectivity index (χ3n) is 3.47. The first-order valence-electron chi connectivity index (χ1n) is 7.45. The van der Waals surface area contributed by atoms with E-state index >= 15 is 0 Å². The van der Waals surface area contributed by atoms with Gasteiger partial charge in [-0.2, -0.15) is 0 Å². The summed E-state index contributed by atoms with van der Waals surface area (Å²) in [5.74, 6) is 0.578. The highest BCUT2D eigenvalue weighted by molar-refractivity contribution is 5.82. The molecule has 0 aromatic heterocycles. The molecule has 1 amide bonds. The van der Waals surface area contributed by atoms with Crippen molar-refractivity contribution in [2.24, 2.45) is 11.7 Å². The normalized spacial score (nSPS) is 18.1. The fourth-order valence-electron chi connectivity index (χ4n) is 2.35. The van der Waals surface area contributed by atoms with Crippen molar-refractivity contribution in [2.75, 3.05) is 32.8 Å². The predicted octanol–water partition coefficient (Wildman–Crippen LogP) is 1.50. The van der Waals surface area contributed by atoms with Gasteiger partial charge in [-0.1, -0.05) is 27.2 Å². The van der Waals surface area contributed by atoms with Gasteiger partial charge < -0.3 is 15.4 Å². The molecule has 0 aromatic carbocycles. The maximum Gasteiger partial charge on any atom is 0.409 e. The maximum atomic E-state index is 11.9. The number of nitrogens with one attached hydrogen (secondary N) is 1. The first-order valence-corrected chi connectivity index (χ1v) is 7.45. The molecule has 20 heavy (non-hydrogen) atoms. The first kappa shape index (κ1) is 16.8. The predicted molar refractivity (Wildman–Crippen MR) is 79.9 cm³/mol. The molecule has 0 aliphatic carbocycles. The second-order valence-electron chi connectivity index (χ2n) is 5.75. The van der Waals surface area contributed by atoms with Crippen LogP contribution in [0.4, 0.5) is 4.79 Å². The molecule has 0 saturated carbocycles. The fraction of sp³-hybridized carbons (Fsp3) is 0.857. The summed E-state index contributed by atoms with van der Waals surface area (Å²) in [7, 11) is 0. The summed E-state index contributed by atoms with van der Waals surface area (Å²) in [4.78, 5) is 15.8. The smallest absolute Gasteiger partial charge is 0.409 e. The Bertz CT molecular complexity index is 325. The average Bonchev–Trinajstić information content (AvgIpc) is 2.42. The molecule has 1 aliphatic rings. The number of nitrogens with zero attached hydrogens (tertiary/aromatic N) is 2. The number of piperazine rings is 1. The number of rotatable bonds is 6. The average molecular weight is 284 g/mol. The third-order valence-corrected chi connectivity index (χ3v) is 3.47. The van der Waals surface area contributed by atoms with Gasteiger partial charge in [0.05, 0.1) is 12.6 Å². The zero-order valence-corrected chi connectivity index (χ0v) is 12.9. The summed E-state index contributed by atoms with van der Waals surface area (Å²) < 4.78 is 5.24. The molecule has 6 nitrogen and oxygen atoms in total. The summed E-state index contributed by atoms with van der Waals surface area (Å²) in [6.45, 7) is 9.39. The van der Waals surface area contributed by atoms with Crippen molar-refractivity contribution in [1.29, 1.82) is 5.41 Å². The number of carbonyl (C=O) groups excluding carboxylic acids is 1. The van der Waals surface area contributed by atoms with Crippen LogP contribution in [-0.4, -0.2) is 60.6 Å². The zero-order valence-electron chi connectivity index (χ0n) is 12.9. The molecule has 1 rings (SSSR count). The lowest BCUT2D eigenvalue weighted by Crippen LogP contribution is -2.55. The molecule has 0 radical (unpaired) electrons. The quantitative estimate of drug-likeness (QED) is 0.572. The van der Waals surface area contributed by atoms with Gasteiger partial charge in [0, 0.05) is 26.2 Å². The van der Waals surface area contributed by atoms with Crippen molar-refractivity contribution in [1.82, 2.24) is 9.80 Å². The summed E-state index contributed by atoms with van der Waals surface area (Å²) in [6, 6.07) is 0.00818. The zero-order chi connectivity index (χ0) is 15.1. The molecule has 3 N–H and O–H groups in total. The van der Waals surface area contributed by atoms with E-state index in [4.69, 9.17) is 15.9 Å². The summed E-state index contributed by atoms with van der Waals surface area (Å²) in [5.41, 5.74) is 5.67. The van der Waals surface area contributed by atoms with Crippen molar-refractivity contribution in [3.63, 3.8) is 0 Å². The van der Waals surface area contributed by atoms with E-state index in [0.29, 0.717) is 25.6 Å². The molecule has 0 spiro atoms. The molecule has 1 aliphatic heterocycles. The van der Waals surface area contributed by atoms with E-state index < -0.39 is 0 Å². The van der Waals surface area contributed by atoms with Crippen LogP contribution in [0.2, 0.25) is 0 Å². The van der Waals surface area contributed by atoms with Gasteiger partial charge in [-0.25, -0.2) is 4.79 Å². The molecule has 1 heterocycles. The van der Waals surface area contributed by atoms with E-state index in [1.54, 1.807) is 4.90 Å². The Balaban J connectivity index is 2.42. The molecule has 1 saturated heterocycles. The Morgan fingerprint density at radius 3 is 2.35 bits per heavy atom. The standard InChI is InChI=1S/C14H28N4O2/c1-4-5-12(13(15)16)17-6-8-18(9-7-17)14(19)20-10-11(2)3/h11-12H,4-10H2,1-3H3,(H3,15,16). The number of nitrogens with two attached hydrogens (primary N) is 1. The number of amidine groups is 1. The summed E-state index contributed by atoms with van der Waals surface area (Å²) >= 11 is 0. The first-order chi connectivity index (χ1) is 9.45. The molecule has 1 unspecified atom stereocenters. The van der Waals surface area contributed by atoms with Crippen LogP contribution >= 0.6 is 0 Å². The monoisotopic (exact) mass is 284 g/mol. The van der Waals surface area contributed by atoms with E-state index in [0.717, 1.165) is 25.9 Å². The highest BCUT2D eigenvalue weighted by Gasteiger charge is 2.27. The molecular formula is C14H28N4O2. The van der Waals surface area contributed by atoms with Crippen molar-refractivity contribution >= 4 is 11.9 Å². The van der Waals surface area contributed by atoms with Gasteiger partial charge in [-0.05, 0) is 12.3 Å². The Kier molecular flexibility index (Phi) is 6.78. The van der Waals surface area contributed by atoms with Crippen LogP contribution in [0, 0.1) is 11.3 Å². The van der Waals surface area contributed by atoms with Gasteiger partial charge in [0.2, 0.25) is 0 Å². The van der Waals surface area contributed by atoms with Crippen LogP contribution in [0.5, 0.6) is 0 Å². The molecule has 116 valence electrons. The van der Waals surface area contributed by atoms with Gasteiger partial charge in [-0.3, -0.25) is 10.3 Å². The third kappa shape index (κ3) is 5.00. The van der Waals surface area contributed by atoms with Gasteiger partial charge in [0.25, 0.3) is 0 Å². The lowest BCUT2D eigenvalue weighted by atomic mass is 10.1. The largest absolute Gasteiger partial charge is 0.449 e. The lowest BCUT2D eigenvalue weighted by Gasteiger charge is -2.38. The van der Waals surface area contributed by atoms with Gasteiger partial charge >= 0.3 is 6.09 Å². The van der Waals surface area contributed by atoms with Crippen LogP contribution in [-0.2, 0) is 4.74 Å². The second-order valence-corrected chi connectivity index (χ2v) is 5.75. The Morgan fingerprint density at radius 1 is 1.30 bits per heavy atom. The minimum Gasteiger partial charge on any atom is -0.449 e. The maximum absolute atomic E-state index is 11.9. The van der Waals surface area contributed by atoms with E-state index in [1.165, 1.54) is 0 Å². The molecule has 0 bridgehead atoms. The summed E-state index contributed by atoms with van der Waals surface area (Å²) in [6.07, 6.45) is 1.67. The van der Waals surface area contributed by atoms with Crippen LogP contribution < -0.4 is 5.73 Å². The number of amides is 1. The summed E-state index contributed by atoms with van der Waals surface area (Å²) in [5, 5.41) is 7.67. The van der Waals surface area contributed by atoms with Crippen LogP contribution in [0.15, 0.2) is 0 Å². The molecule has 1 atom stereocenters. The van der Waals surface area contributed by atoms with Crippen molar-refractivity contribution in [2.45, 2.75) is 39.7 Å². The molecule has 0 aromatic rings. The van der Waals surface area contributed by atoms with E-state index in [9.17, 15) is 4.79 Å². The Hall–Kier alpha value is -1.30.